The fourth-order valence-electron chi connectivity index (χ4n) is 4.08. The molecule has 0 amide bonds. The third kappa shape index (κ3) is 4.57. The lowest BCUT2D eigenvalue weighted by atomic mass is 10.0. The van der Waals surface area contributed by atoms with E-state index in [0.29, 0.717) is 12.4 Å². The predicted octanol–water partition coefficient (Wildman–Crippen LogP) is 4.48. The van der Waals surface area contributed by atoms with Gasteiger partial charge in [0.2, 0.25) is 0 Å². The zero-order valence-electron chi connectivity index (χ0n) is 19.2. The molecule has 4 heterocycles. The van der Waals surface area contributed by atoms with Crippen molar-refractivity contribution in [2.75, 3.05) is 20.2 Å². The number of benzene rings is 1. The zero-order chi connectivity index (χ0) is 23.5. The van der Waals surface area contributed by atoms with Crippen LogP contribution >= 0.6 is 0 Å². The third-order valence-corrected chi connectivity index (χ3v) is 5.74. The first-order valence-corrected chi connectivity index (χ1v) is 11.2. The average molecular weight is 451 g/mol. The molecule has 7 heteroatoms. The Bertz CT molecular complexity index is 1440. The topological polar surface area (TPSA) is 90.8 Å². The SMILES string of the molecule is Cc1cccc(-c2nc(-c3cncc(-c4cccc(CN(C)CCO)c4)c3)c3cc[nH]c3n2)n1. The van der Waals surface area contributed by atoms with Crippen molar-refractivity contribution in [1.29, 1.82) is 0 Å². The lowest BCUT2D eigenvalue weighted by Crippen LogP contribution is -2.21. The van der Waals surface area contributed by atoms with Crippen molar-refractivity contribution in [2.24, 2.45) is 0 Å². The molecule has 0 unspecified atom stereocenters. The summed E-state index contributed by atoms with van der Waals surface area (Å²) >= 11 is 0. The lowest BCUT2D eigenvalue weighted by Gasteiger charge is -2.15. The van der Waals surface area contributed by atoms with Gasteiger partial charge in [0.1, 0.15) is 11.3 Å². The predicted molar refractivity (Wildman–Crippen MR) is 134 cm³/mol. The number of aromatic nitrogens is 5. The van der Waals surface area contributed by atoms with E-state index in [-0.39, 0.29) is 6.61 Å². The summed E-state index contributed by atoms with van der Waals surface area (Å²) in [7, 11) is 2.00. The third-order valence-electron chi connectivity index (χ3n) is 5.74. The molecule has 0 saturated heterocycles. The highest BCUT2D eigenvalue weighted by molar-refractivity contribution is 5.92. The summed E-state index contributed by atoms with van der Waals surface area (Å²) in [6, 6.07) is 18.4. The quantitative estimate of drug-likeness (QED) is 0.380. The molecule has 1 aromatic carbocycles. The van der Waals surface area contributed by atoms with Gasteiger partial charge in [-0.05, 0) is 55.4 Å². The van der Waals surface area contributed by atoms with Gasteiger partial charge in [-0.15, -0.1) is 0 Å². The monoisotopic (exact) mass is 450 g/mol. The summed E-state index contributed by atoms with van der Waals surface area (Å²) in [5.41, 5.74) is 7.44. The van der Waals surface area contributed by atoms with E-state index in [2.05, 4.69) is 50.2 Å². The Morgan fingerprint density at radius 3 is 2.62 bits per heavy atom. The van der Waals surface area contributed by atoms with Gasteiger partial charge in [-0.3, -0.25) is 9.88 Å². The van der Waals surface area contributed by atoms with E-state index >= 15 is 0 Å². The molecule has 0 aliphatic carbocycles. The van der Waals surface area contributed by atoms with Crippen LogP contribution in [0, 0.1) is 6.92 Å². The Hall–Kier alpha value is -3.94. The van der Waals surface area contributed by atoms with Gasteiger partial charge in [0.05, 0.1) is 12.3 Å². The van der Waals surface area contributed by atoms with Crippen molar-refractivity contribution in [3.05, 3.63) is 84.4 Å². The largest absolute Gasteiger partial charge is 0.395 e. The van der Waals surface area contributed by atoms with E-state index < -0.39 is 0 Å². The molecule has 0 radical (unpaired) electrons. The number of aliphatic hydroxyl groups excluding tert-OH is 1. The number of rotatable bonds is 7. The van der Waals surface area contributed by atoms with Gasteiger partial charge in [0, 0.05) is 53.9 Å². The van der Waals surface area contributed by atoms with E-state index in [9.17, 15) is 5.11 Å². The van der Waals surface area contributed by atoms with Crippen molar-refractivity contribution >= 4 is 11.0 Å². The summed E-state index contributed by atoms with van der Waals surface area (Å²) in [4.78, 5) is 24.1. The van der Waals surface area contributed by atoms with Gasteiger partial charge < -0.3 is 10.1 Å². The molecule has 0 fully saturated rings. The molecular weight excluding hydrogens is 424 g/mol. The van der Waals surface area contributed by atoms with E-state index in [1.807, 2.05) is 56.8 Å². The highest BCUT2D eigenvalue weighted by Crippen LogP contribution is 2.30. The zero-order valence-corrected chi connectivity index (χ0v) is 19.2. The molecule has 0 saturated carbocycles. The molecule has 0 aliphatic rings. The number of likely N-dealkylation sites (N-methyl/N-ethyl adjacent to an activating group) is 1. The number of hydrogen-bond donors (Lipinski definition) is 2. The smallest absolute Gasteiger partial charge is 0.180 e. The molecule has 0 bridgehead atoms. The minimum atomic E-state index is 0.148. The van der Waals surface area contributed by atoms with Crippen molar-refractivity contribution in [3.63, 3.8) is 0 Å². The highest BCUT2D eigenvalue weighted by Gasteiger charge is 2.14. The van der Waals surface area contributed by atoms with Crippen molar-refractivity contribution < 1.29 is 5.11 Å². The molecule has 2 N–H and O–H groups in total. The first-order valence-electron chi connectivity index (χ1n) is 11.2. The Morgan fingerprint density at radius 2 is 1.76 bits per heavy atom. The maximum absolute atomic E-state index is 9.19. The molecule has 4 aromatic heterocycles. The molecule has 5 aromatic rings. The number of nitrogens with one attached hydrogen (secondary N) is 1. The number of aromatic amines is 1. The van der Waals surface area contributed by atoms with E-state index in [1.165, 1.54) is 5.56 Å². The van der Waals surface area contributed by atoms with E-state index in [1.54, 1.807) is 0 Å². The minimum Gasteiger partial charge on any atom is -0.395 e. The van der Waals surface area contributed by atoms with Crippen LogP contribution in [0.3, 0.4) is 0 Å². The van der Waals surface area contributed by atoms with Crippen LogP contribution in [-0.2, 0) is 6.54 Å². The second-order valence-corrected chi connectivity index (χ2v) is 8.42. The van der Waals surface area contributed by atoms with Gasteiger partial charge in [-0.25, -0.2) is 15.0 Å². The maximum atomic E-state index is 9.19. The van der Waals surface area contributed by atoms with Crippen LogP contribution in [0.15, 0.2) is 73.2 Å². The number of nitrogens with zero attached hydrogens (tertiary/aromatic N) is 5. The number of H-pyrrole nitrogens is 1. The minimum absolute atomic E-state index is 0.148. The second-order valence-electron chi connectivity index (χ2n) is 8.42. The number of pyridine rings is 2. The normalized spacial score (nSPS) is 11.4. The van der Waals surface area contributed by atoms with Crippen molar-refractivity contribution in [3.8, 4) is 33.9 Å². The van der Waals surface area contributed by atoms with Crippen LogP contribution in [0.1, 0.15) is 11.3 Å². The van der Waals surface area contributed by atoms with Gasteiger partial charge in [0.25, 0.3) is 0 Å². The number of aliphatic hydroxyl groups is 1. The first kappa shape index (κ1) is 21.9. The summed E-state index contributed by atoms with van der Waals surface area (Å²) in [5, 5.41) is 10.1. The summed E-state index contributed by atoms with van der Waals surface area (Å²) < 4.78 is 0. The molecule has 0 spiro atoms. The molecule has 0 aliphatic heterocycles. The van der Waals surface area contributed by atoms with Crippen LogP contribution in [0.4, 0.5) is 0 Å². The fraction of sp³-hybridized carbons (Fsp3) is 0.185. The molecule has 34 heavy (non-hydrogen) atoms. The number of aryl methyl sites for hydroxylation is 1. The van der Waals surface area contributed by atoms with Crippen molar-refractivity contribution in [2.45, 2.75) is 13.5 Å². The maximum Gasteiger partial charge on any atom is 0.180 e. The summed E-state index contributed by atoms with van der Waals surface area (Å²) in [5.74, 6) is 0.577. The fourth-order valence-corrected chi connectivity index (χ4v) is 4.08. The van der Waals surface area contributed by atoms with Crippen LogP contribution in [0.5, 0.6) is 0 Å². The highest BCUT2D eigenvalue weighted by atomic mass is 16.3. The molecule has 0 atom stereocenters. The summed E-state index contributed by atoms with van der Waals surface area (Å²) in [6.07, 6.45) is 5.59. The standard InChI is InChI=1S/C27H26N6O/c1-18-5-3-8-24(30-18)27-31-25(23-9-10-29-26(23)32-27)22-14-21(15-28-16-22)20-7-4-6-19(13-20)17-33(2)11-12-34/h3-10,13-16,34H,11-12,17H2,1-2H3,(H,29,31,32). The van der Waals surface area contributed by atoms with Crippen LogP contribution < -0.4 is 0 Å². The van der Waals surface area contributed by atoms with Gasteiger partial charge in [-0.2, -0.15) is 0 Å². The van der Waals surface area contributed by atoms with Gasteiger partial charge in [-0.1, -0.05) is 24.3 Å². The van der Waals surface area contributed by atoms with Gasteiger partial charge in [0.15, 0.2) is 5.82 Å². The lowest BCUT2D eigenvalue weighted by molar-refractivity contribution is 0.217. The van der Waals surface area contributed by atoms with E-state index in [0.717, 1.165) is 51.4 Å². The Morgan fingerprint density at radius 1 is 0.912 bits per heavy atom. The van der Waals surface area contributed by atoms with Crippen LogP contribution in [-0.4, -0.2) is 55.1 Å². The number of hydrogen-bond acceptors (Lipinski definition) is 6. The van der Waals surface area contributed by atoms with Gasteiger partial charge >= 0.3 is 0 Å². The second kappa shape index (κ2) is 9.51. The van der Waals surface area contributed by atoms with Crippen LogP contribution in [0.2, 0.25) is 0 Å². The molecule has 5 rings (SSSR count). The number of fused-ring (bicyclic) bond motifs is 1. The Labute approximate surface area is 198 Å². The van der Waals surface area contributed by atoms with Crippen LogP contribution in [0.25, 0.3) is 44.9 Å². The average Bonchev–Trinajstić information content (AvgIpc) is 3.33. The molecular formula is C27H26N6O. The first-order chi connectivity index (χ1) is 16.6. The molecule has 170 valence electrons. The Kier molecular flexibility index (Phi) is 6.12. The summed E-state index contributed by atoms with van der Waals surface area (Å²) in [6.45, 7) is 3.51. The van der Waals surface area contributed by atoms with Crippen molar-refractivity contribution in [1.82, 2.24) is 29.8 Å². The Balaban J connectivity index is 1.55. The van der Waals surface area contributed by atoms with E-state index in [4.69, 9.17) is 9.97 Å². The molecule has 7 nitrogen and oxygen atoms in total.